The molecular weight excluding hydrogens is 212 g/mol. The van der Waals surface area contributed by atoms with Crippen molar-refractivity contribution in [2.45, 2.75) is 26.0 Å². The van der Waals surface area contributed by atoms with Gasteiger partial charge in [-0.2, -0.15) is 0 Å². The highest BCUT2D eigenvalue weighted by Gasteiger charge is 2.11. The van der Waals surface area contributed by atoms with Crippen LogP contribution in [-0.4, -0.2) is 24.2 Å². The topological polar surface area (TPSA) is 34.1 Å². The van der Waals surface area contributed by atoms with Gasteiger partial charge >= 0.3 is 0 Å². The summed E-state index contributed by atoms with van der Waals surface area (Å²) in [5, 5.41) is 5.82. The van der Waals surface area contributed by atoms with Crippen molar-refractivity contribution in [3.05, 3.63) is 36.7 Å². The van der Waals surface area contributed by atoms with Gasteiger partial charge in [0.1, 0.15) is 0 Å². The van der Waals surface area contributed by atoms with Gasteiger partial charge < -0.3 is 10.1 Å². The summed E-state index contributed by atoms with van der Waals surface area (Å²) in [6.45, 7) is 4.18. The molecule has 3 heteroatoms. The number of hydrogen-bond acceptors (Lipinski definition) is 3. The van der Waals surface area contributed by atoms with Crippen molar-refractivity contribution in [3.63, 3.8) is 0 Å². The molecular formula is C14H18N2O. The predicted octanol–water partition coefficient (Wildman–Crippen LogP) is 3.07. The van der Waals surface area contributed by atoms with E-state index in [2.05, 4.69) is 36.3 Å². The molecule has 0 aliphatic heterocycles. The maximum atomic E-state index is 5.32. The molecule has 0 saturated heterocycles. The Balaban J connectivity index is 2.30. The minimum Gasteiger partial charge on any atom is -0.380 e. The lowest BCUT2D eigenvalue weighted by atomic mass is 10.1. The third-order valence-electron chi connectivity index (χ3n) is 3.14. The molecule has 2 atom stereocenters. The van der Waals surface area contributed by atoms with Gasteiger partial charge in [-0.25, -0.2) is 0 Å². The second-order valence-corrected chi connectivity index (χ2v) is 4.28. The normalized spacial score (nSPS) is 14.5. The third kappa shape index (κ3) is 2.56. The summed E-state index contributed by atoms with van der Waals surface area (Å²) in [5.74, 6) is 0. The second kappa shape index (κ2) is 5.15. The number of ether oxygens (including phenoxy) is 1. The quantitative estimate of drug-likeness (QED) is 0.876. The summed E-state index contributed by atoms with van der Waals surface area (Å²) in [5.41, 5.74) is 1.13. The van der Waals surface area contributed by atoms with Crippen molar-refractivity contribution in [3.8, 4) is 0 Å². The first-order chi connectivity index (χ1) is 8.22. The Morgan fingerprint density at radius 2 is 2.06 bits per heavy atom. The smallest absolute Gasteiger partial charge is 0.0741 e. The molecule has 3 nitrogen and oxygen atoms in total. The van der Waals surface area contributed by atoms with Crippen LogP contribution in [0.3, 0.4) is 0 Å². The van der Waals surface area contributed by atoms with Gasteiger partial charge in [0.2, 0.25) is 0 Å². The molecule has 17 heavy (non-hydrogen) atoms. The number of nitrogens with zero attached hydrogens (tertiary/aromatic N) is 1. The first-order valence-corrected chi connectivity index (χ1v) is 5.84. The van der Waals surface area contributed by atoms with Crippen LogP contribution in [-0.2, 0) is 4.74 Å². The lowest BCUT2D eigenvalue weighted by molar-refractivity contribution is 0.106. The number of nitrogens with one attached hydrogen (secondary N) is 1. The number of rotatable bonds is 4. The summed E-state index contributed by atoms with van der Waals surface area (Å²) in [4.78, 5) is 4.13. The highest BCUT2D eigenvalue weighted by atomic mass is 16.5. The van der Waals surface area contributed by atoms with Gasteiger partial charge in [-0.1, -0.05) is 12.1 Å². The van der Waals surface area contributed by atoms with Gasteiger partial charge in [0.25, 0.3) is 0 Å². The second-order valence-electron chi connectivity index (χ2n) is 4.28. The fraction of sp³-hybridized carbons (Fsp3) is 0.357. The summed E-state index contributed by atoms with van der Waals surface area (Å²) >= 11 is 0. The van der Waals surface area contributed by atoms with Crippen molar-refractivity contribution in [2.24, 2.45) is 0 Å². The van der Waals surface area contributed by atoms with Gasteiger partial charge in [-0.05, 0) is 26.0 Å². The average Bonchev–Trinajstić information content (AvgIpc) is 2.38. The molecule has 0 spiro atoms. The molecule has 2 rings (SSSR count). The van der Waals surface area contributed by atoms with E-state index in [1.165, 1.54) is 5.39 Å². The Kier molecular flexibility index (Phi) is 3.59. The highest BCUT2D eigenvalue weighted by molar-refractivity contribution is 5.93. The zero-order valence-electron chi connectivity index (χ0n) is 10.5. The third-order valence-corrected chi connectivity index (χ3v) is 3.14. The van der Waals surface area contributed by atoms with Crippen LogP contribution in [0.5, 0.6) is 0 Å². The van der Waals surface area contributed by atoms with E-state index < -0.39 is 0 Å². The number of anilines is 1. The minimum absolute atomic E-state index is 0.173. The fourth-order valence-electron chi connectivity index (χ4n) is 1.82. The molecule has 2 unspecified atom stereocenters. The number of hydrogen-bond donors (Lipinski definition) is 1. The molecule has 1 aromatic heterocycles. The van der Waals surface area contributed by atoms with E-state index in [0.717, 1.165) is 11.1 Å². The van der Waals surface area contributed by atoms with Crippen LogP contribution in [0.15, 0.2) is 36.7 Å². The molecule has 0 aliphatic rings. The predicted molar refractivity (Wildman–Crippen MR) is 71.3 cm³/mol. The fourth-order valence-corrected chi connectivity index (χ4v) is 1.82. The standard InChI is InChI=1S/C14H18N2O/c1-10(11(2)17-3)16-14-6-4-5-12-9-15-8-7-13(12)14/h4-11,16H,1-3H3. The van der Waals surface area contributed by atoms with Crippen molar-refractivity contribution in [1.29, 1.82) is 0 Å². The molecule has 0 bridgehead atoms. The van der Waals surface area contributed by atoms with Gasteiger partial charge in [0.15, 0.2) is 0 Å². The zero-order valence-corrected chi connectivity index (χ0v) is 10.5. The van der Waals surface area contributed by atoms with Crippen LogP contribution in [0.25, 0.3) is 10.8 Å². The van der Waals surface area contributed by atoms with E-state index >= 15 is 0 Å². The summed E-state index contributed by atoms with van der Waals surface area (Å²) in [6, 6.07) is 8.48. The number of pyridine rings is 1. The minimum atomic E-state index is 0.173. The Bertz CT molecular complexity index is 493. The van der Waals surface area contributed by atoms with Gasteiger partial charge in [-0.15, -0.1) is 0 Å². The van der Waals surface area contributed by atoms with Crippen molar-refractivity contribution in [1.82, 2.24) is 4.98 Å². The van der Waals surface area contributed by atoms with Gasteiger partial charge in [0, 0.05) is 42.0 Å². The Labute approximate surface area is 102 Å². The van der Waals surface area contributed by atoms with Crippen molar-refractivity contribution >= 4 is 16.5 Å². The molecule has 1 aromatic carbocycles. The number of aromatic nitrogens is 1. The van der Waals surface area contributed by atoms with E-state index in [1.807, 2.05) is 24.5 Å². The van der Waals surface area contributed by atoms with Crippen LogP contribution in [0, 0.1) is 0 Å². The monoisotopic (exact) mass is 230 g/mol. The molecule has 0 radical (unpaired) electrons. The molecule has 0 fully saturated rings. The van der Waals surface area contributed by atoms with Gasteiger partial charge in [0.05, 0.1) is 6.10 Å². The largest absolute Gasteiger partial charge is 0.380 e. The molecule has 0 saturated carbocycles. The van der Waals surface area contributed by atoms with Crippen LogP contribution < -0.4 is 5.32 Å². The van der Waals surface area contributed by atoms with Gasteiger partial charge in [-0.3, -0.25) is 4.98 Å². The SMILES string of the molecule is COC(C)C(C)Nc1cccc2cnccc12. The zero-order chi connectivity index (χ0) is 12.3. The van der Waals surface area contributed by atoms with E-state index in [9.17, 15) is 0 Å². The van der Waals surface area contributed by atoms with E-state index in [4.69, 9.17) is 4.74 Å². The Morgan fingerprint density at radius 1 is 1.24 bits per heavy atom. The highest BCUT2D eigenvalue weighted by Crippen LogP contribution is 2.23. The van der Waals surface area contributed by atoms with E-state index in [-0.39, 0.29) is 12.1 Å². The lowest BCUT2D eigenvalue weighted by Crippen LogP contribution is -2.29. The number of methoxy groups -OCH3 is 1. The van der Waals surface area contributed by atoms with Crippen LogP contribution >= 0.6 is 0 Å². The molecule has 2 aromatic rings. The molecule has 0 amide bonds. The maximum Gasteiger partial charge on any atom is 0.0741 e. The average molecular weight is 230 g/mol. The molecule has 1 N–H and O–H groups in total. The first kappa shape index (κ1) is 11.9. The van der Waals surface area contributed by atoms with Crippen LogP contribution in [0.2, 0.25) is 0 Å². The van der Waals surface area contributed by atoms with Crippen molar-refractivity contribution in [2.75, 3.05) is 12.4 Å². The van der Waals surface area contributed by atoms with Crippen LogP contribution in [0.4, 0.5) is 5.69 Å². The van der Waals surface area contributed by atoms with E-state index in [0.29, 0.717) is 0 Å². The number of fused-ring (bicyclic) bond motifs is 1. The summed E-state index contributed by atoms with van der Waals surface area (Å²) in [6.07, 6.45) is 3.87. The number of benzene rings is 1. The molecule has 1 heterocycles. The summed E-state index contributed by atoms with van der Waals surface area (Å²) in [7, 11) is 1.73. The Morgan fingerprint density at radius 3 is 2.82 bits per heavy atom. The molecule has 90 valence electrons. The van der Waals surface area contributed by atoms with Crippen LogP contribution in [0.1, 0.15) is 13.8 Å². The summed E-state index contributed by atoms with van der Waals surface area (Å²) < 4.78 is 5.32. The lowest BCUT2D eigenvalue weighted by Gasteiger charge is -2.21. The van der Waals surface area contributed by atoms with Crippen molar-refractivity contribution < 1.29 is 4.74 Å². The Hall–Kier alpha value is -1.61. The maximum absolute atomic E-state index is 5.32. The van der Waals surface area contributed by atoms with E-state index in [1.54, 1.807) is 7.11 Å². The molecule has 0 aliphatic carbocycles. The first-order valence-electron chi connectivity index (χ1n) is 5.84.